The van der Waals surface area contributed by atoms with E-state index in [-0.39, 0.29) is 6.10 Å². The molecule has 2 aliphatic carbocycles. The summed E-state index contributed by atoms with van der Waals surface area (Å²) >= 11 is 0. The van der Waals surface area contributed by atoms with E-state index in [1.807, 2.05) is 6.92 Å². The van der Waals surface area contributed by atoms with Crippen LogP contribution in [0.3, 0.4) is 0 Å². The highest BCUT2D eigenvalue weighted by Crippen LogP contribution is 2.37. The fourth-order valence-corrected chi connectivity index (χ4v) is 2.85. The normalized spacial score (nSPS) is 41.8. The first kappa shape index (κ1) is 12.3. The van der Waals surface area contributed by atoms with Gasteiger partial charge in [0.1, 0.15) is 0 Å². The number of methoxy groups -OCH3 is 1. The molecule has 2 aliphatic rings. The number of hydrogen-bond acceptors (Lipinski definition) is 3. The molecule has 16 heavy (non-hydrogen) atoms. The van der Waals surface area contributed by atoms with Crippen molar-refractivity contribution >= 4 is 0 Å². The third kappa shape index (κ3) is 2.58. The average molecular weight is 227 g/mol. The number of hydrogen-bond donors (Lipinski definition) is 1. The Balaban J connectivity index is 1.68. The second-order valence-corrected chi connectivity index (χ2v) is 5.09. The average Bonchev–Trinajstić information content (AvgIpc) is 2.96. The van der Waals surface area contributed by atoms with E-state index in [4.69, 9.17) is 9.47 Å². The van der Waals surface area contributed by atoms with Gasteiger partial charge >= 0.3 is 0 Å². The van der Waals surface area contributed by atoms with E-state index in [0.717, 1.165) is 25.0 Å². The smallest absolute Gasteiger partial charge is 0.0986 e. The second kappa shape index (κ2) is 5.48. The zero-order valence-electron chi connectivity index (χ0n) is 10.7. The van der Waals surface area contributed by atoms with Crippen LogP contribution in [0.1, 0.15) is 39.5 Å². The van der Waals surface area contributed by atoms with Crippen molar-refractivity contribution in [2.45, 2.75) is 63.8 Å². The molecule has 0 radical (unpaired) electrons. The van der Waals surface area contributed by atoms with Crippen LogP contribution in [-0.2, 0) is 9.47 Å². The zero-order chi connectivity index (χ0) is 11.5. The Morgan fingerprint density at radius 2 is 2.00 bits per heavy atom. The lowest BCUT2D eigenvalue weighted by atomic mass is 9.85. The maximum atomic E-state index is 5.62. The first-order valence-corrected chi connectivity index (χ1v) is 6.70. The highest BCUT2D eigenvalue weighted by atomic mass is 16.5. The Kier molecular flexibility index (Phi) is 4.22. The number of nitrogens with one attached hydrogen (secondary N) is 1. The van der Waals surface area contributed by atoms with Gasteiger partial charge in [-0.1, -0.05) is 13.3 Å². The van der Waals surface area contributed by atoms with Crippen LogP contribution in [0.15, 0.2) is 0 Å². The van der Waals surface area contributed by atoms with E-state index in [1.54, 1.807) is 7.11 Å². The third-order valence-corrected chi connectivity index (χ3v) is 3.91. The molecule has 2 saturated carbocycles. The topological polar surface area (TPSA) is 30.5 Å². The summed E-state index contributed by atoms with van der Waals surface area (Å²) in [6, 6.07) is 1.28. The van der Waals surface area contributed by atoms with Crippen LogP contribution in [0.25, 0.3) is 0 Å². The number of rotatable bonds is 7. The quantitative estimate of drug-likeness (QED) is 0.721. The molecule has 2 rings (SSSR count). The molecular weight excluding hydrogens is 202 g/mol. The van der Waals surface area contributed by atoms with Crippen LogP contribution in [0.2, 0.25) is 0 Å². The molecule has 0 amide bonds. The molecule has 1 N–H and O–H groups in total. The molecule has 0 aromatic heterocycles. The highest BCUT2D eigenvalue weighted by molar-refractivity contribution is 5.03. The van der Waals surface area contributed by atoms with Crippen molar-refractivity contribution in [3.05, 3.63) is 0 Å². The van der Waals surface area contributed by atoms with Crippen molar-refractivity contribution in [3.63, 3.8) is 0 Å². The van der Waals surface area contributed by atoms with Gasteiger partial charge in [-0.05, 0) is 32.1 Å². The molecule has 5 atom stereocenters. The Hall–Kier alpha value is -0.120. The van der Waals surface area contributed by atoms with Crippen LogP contribution in [0.5, 0.6) is 0 Å². The van der Waals surface area contributed by atoms with Gasteiger partial charge in [-0.3, -0.25) is 0 Å². The Morgan fingerprint density at radius 3 is 2.62 bits per heavy atom. The molecule has 3 nitrogen and oxygen atoms in total. The lowest BCUT2D eigenvalue weighted by Crippen LogP contribution is -2.60. The van der Waals surface area contributed by atoms with Gasteiger partial charge in [0.15, 0.2) is 0 Å². The van der Waals surface area contributed by atoms with Gasteiger partial charge in [0.2, 0.25) is 0 Å². The van der Waals surface area contributed by atoms with Crippen LogP contribution in [-0.4, -0.2) is 38.0 Å². The predicted octanol–water partition coefficient (Wildman–Crippen LogP) is 1.96. The number of ether oxygens (including phenoxy) is 2. The first-order valence-electron chi connectivity index (χ1n) is 6.70. The van der Waals surface area contributed by atoms with Crippen molar-refractivity contribution in [1.82, 2.24) is 5.32 Å². The molecule has 5 unspecified atom stereocenters. The van der Waals surface area contributed by atoms with E-state index in [2.05, 4.69) is 12.2 Å². The lowest BCUT2D eigenvalue weighted by Gasteiger charge is -2.43. The van der Waals surface area contributed by atoms with Crippen LogP contribution in [0, 0.1) is 5.92 Å². The molecule has 3 heteroatoms. The molecule has 0 aliphatic heterocycles. The fourth-order valence-electron chi connectivity index (χ4n) is 2.85. The summed E-state index contributed by atoms with van der Waals surface area (Å²) < 4.78 is 11.1. The standard InChI is InChI=1S/C13H25NO2/c1-4-6-9-7-10(9)14-11-8-12(16-5-2)13(11)15-3/h9-14H,4-8H2,1-3H3. The van der Waals surface area contributed by atoms with Crippen LogP contribution < -0.4 is 5.32 Å². The second-order valence-electron chi connectivity index (χ2n) is 5.09. The van der Waals surface area contributed by atoms with E-state index in [1.165, 1.54) is 19.3 Å². The summed E-state index contributed by atoms with van der Waals surface area (Å²) in [5.41, 5.74) is 0. The molecule has 0 spiro atoms. The maximum absolute atomic E-state index is 5.62. The van der Waals surface area contributed by atoms with E-state index in [9.17, 15) is 0 Å². The largest absolute Gasteiger partial charge is 0.377 e. The van der Waals surface area contributed by atoms with Gasteiger partial charge in [0.05, 0.1) is 12.2 Å². The Labute approximate surface area is 98.9 Å². The molecule has 0 bridgehead atoms. The highest BCUT2D eigenvalue weighted by Gasteiger charge is 2.46. The maximum Gasteiger partial charge on any atom is 0.0986 e. The molecule has 0 aromatic rings. The lowest BCUT2D eigenvalue weighted by molar-refractivity contribution is -0.131. The monoisotopic (exact) mass is 227 g/mol. The molecule has 0 saturated heterocycles. The van der Waals surface area contributed by atoms with Gasteiger partial charge in [0, 0.05) is 25.8 Å². The Bertz CT molecular complexity index is 222. The summed E-state index contributed by atoms with van der Waals surface area (Å²) in [6.45, 7) is 5.10. The zero-order valence-corrected chi connectivity index (χ0v) is 10.7. The van der Waals surface area contributed by atoms with Crippen molar-refractivity contribution in [2.75, 3.05) is 13.7 Å². The third-order valence-electron chi connectivity index (χ3n) is 3.91. The minimum absolute atomic E-state index is 0.267. The van der Waals surface area contributed by atoms with Crippen LogP contribution in [0.4, 0.5) is 0 Å². The summed E-state index contributed by atoms with van der Waals surface area (Å²) in [6.07, 6.45) is 5.74. The van der Waals surface area contributed by atoms with Gasteiger partial charge in [-0.2, -0.15) is 0 Å². The van der Waals surface area contributed by atoms with Gasteiger partial charge in [-0.15, -0.1) is 0 Å². The molecule has 0 heterocycles. The van der Waals surface area contributed by atoms with Crippen molar-refractivity contribution < 1.29 is 9.47 Å². The summed E-state index contributed by atoms with van der Waals surface area (Å²) in [7, 11) is 1.79. The SMILES string of the molecule is CCCC1CC1NC1CC(OCC)C1OC. The minimum atomic E-state index is 0.267. The summed E-state index contributed by atoms with van der Waals surface area (Å²) in [5, 5.41) is 3.71. The van der Waals surface area contributed by atoms with E-state index >= 15 is 0 Å². The van der Waals surface area contributed by atoms with Crippen LogP contribution >= 0.6 is 0 Å². The summed E-state index contributed by atoms with van der Waals surface area (Å²) in [4.78, 5) is 0. The van der Waals surface area contributed by atoms with Gasteiger partial charge < -0.3 is 14.8 Å². The van der Waals surface area contributed by atoms with Crippen molar-refractivity contribution in [1.29, 1.82) is 0 Å². The van der Waals surface area contributed by atoms with Gasteiger partial charge in [0.25, 0.3) is 0 Å². The molecule has 2 fully saturated rings. The minimum Gasteiger partial charge on any atom is -0.377 e. The fraction of sp³-hybridized carbons (Fsp3) is 1.00. The first-order chi connectivity index (χ1) is 7.80. The Morgan fingerprint density at radius 1 is 1.19 bits per heavy atom. The molecule has 0 aromatic carbocycles. The van der Waals surface area contributed by atoms with Crippen molar-refractivity contribution in [2.24, 2.45) is 5.92 Å². The predicted molar refractivity (Wildman–Crippen MR) is 64.6 cm³/mol. The van der Waals surface area contributed by atoms with E-state index in [0.29, 0.717) is 12.1 Å². The van der Waals surface area contributed by atoms with E-state index < -0.39 is 0 Å². The summed E-state index contributed by atoms with van der Waals surface area (Å²) in [5.74, 6) is 0.925. The molecule has 94 valence electrons. The van der Waals surface area contributed by atoms with Crippen molar-refractivity contribution in [3.8, 4) is 0 Å². The molecular formula is C13H25NO2. The van der Waals surface area contributed by atoms with Gasteiger partial charge in [-0.25, -0.2) is 0 Å².